The number of nitrogens with zero attached hydrogens (tertiary/aromatic N) is 1. The van der Waals surface area contributed by atoms with E-state index in [0.29, 0.717) is 19.4 Å². The van der Waals surface area contributed by atoms with E-state index in [9.17, 15) is 14.4 Å². The fraction of sp³-hybridized carbons (Fsp3) is 0.700. The zero-order chi connectivity index (χ0) is 12.1. The molecule has 0 saturated carbocycles. The second-order valence-electron chi connectivity index (χ2n) is 3.85. The molecule has 1 aliphatic heterocycles. The minimum atomic E-state index is -0.813. The van der Waals surface area contributed by atoms with Crippen LogP contribution in [0.25, 0.3) is 0 Å². The minimum Gasteiger partial charge on any atom is -0.481 e. The SMILES string of the molecule is CN1C(=O)CC(NCCCCC(=O)O)C1=O. The number of rotatable bonds is 6. The Bertz CT molecular complexity index is 303. The van der Waals surface area contributed by atoms with Crippen LogP contribution in [-0.2, 0) is 14.4 Å². The summed E-state index contributed by atoms with van der Waals surface area (Å²) in [5.41, 5.74) is 0. The van der Waals surface area contributed by atoms with Crippen LogP contribution in [0.15, 0.2) is 0 Å². The first-order valence-corrected chi connectivity index (χ1v) is 5.28. The summed E-state index contributed by atoms with van der Waals surface area (Å²) in [6, 6.07) is -0.428. The van der Waals surface area contributed by atoms with Crippen molar-refractivity contribution in [1.29, 1.82) is 0 Å². The fourth-order valence-electron chi connectivity index (χ4n) is 1.59. The predicted molar refractivity (Wildman–Crippen MR) is 55.7 cm³/mol. The van der Waals surface area contributed by atoms with Gasteiger partial charge in [0, 0.05) is 13.5 Å². The van der Waals surface area contributed by atoms with E-state index in [1.165, 1.54) is 7.05 Å². The standard InChI is InChI=1S/C10H16N2O4/c1-12-8(13)6-7(10(12)16)11-5-3-2-4-9(14)15/h7,11H,2-6H2,1H3,(H,14,15). The predicted octanol–water partition coefficient (Wildman–Crippen LogP) is -0.412. The molecule has 0 radical (unpaired) electrons. The molecule has 0 spiro atoms. The number of hydrogen-bond donors (Lipinski definition) is 2. The van der Waals surface area contributed by atoms with E-state index in [1.807, 2.05) is 0 Å². The molecule has 2 N–H and O–H groups in total. The lowest BCUT2D eigenvalue weighted by Crippen LogP contribution is -2.37. The number of carboxylic acids is 1. The maximum atomic E-state index is 11.4. The Kier molecular flexibility index (Phi) is 4.42. The fourth-order valence-corrected chi connectivity index (χ4v) is 1.59. The molecule has 16 heavy (non-hydrogen) atoms. The topological polar surface area (TPSA) is 86.7 Å². The van der Waals surface area contributed by atoms with Crippen LogP contribution in [0.3, 0.4) is 0 Å². The van der Waals surface area contributed by atoms with Crippen molar-refractivity contribution in [1.82, 2.24) is 10.2 Å². The summed E-state index contributed by atoms with van der Waals surface area (Å²) in [6.45, 7) is 0.560. The molecule has 90 valence electrons. The largest absolute Gasteiger partial charge is 0.481 e. The molecule has 0 bridgehead atoms. The number of imide groups is 1. The number of aliphatic carboxylic acids is 1. The van der Waals surface area contributed by atoms with Gasteiger partial charge in [0.25, 0.3) is 0 Å². The van der Waals surface area contributed by atoms with E-state index < -0.39 is 12.0 Å². The Hall–Kier alpha value is -1.43. The third-order valence-corrected chi connectivity index (χ3v) is 2.59. The average Bonchev–Trinajstić information content (AvgIpc) is 2.45. The Morgan fingerprint density at radius 3 is 2.69 bits per heavy atom. The molecular weight excluding hydrogens is 212 g/mol. The second kappa shape index (κ2) is 5.60. The van der Waals surface area contributed by atoms with Crippen molar-refractivity contribution >= 4 is 17.8 Å². The summed E-state index contributed by atoms with van der Waals surface area (Å²) in [5, 5.41) is 11.4. The van der Waals surface area contributed by atoms with Gasteiger partial charge >= 0.3 is 5.97 Å². The lowest BCUT2D eigenvalue weighted by molar-refractivity contribution is -0.138. The van der Waals surface area contributed by atoms with E-state index in [0.717, 1.165) is 4.90 Å². The van der Waals surface area contributed by atoms with Crippen LogP contribution in [0.5, 0.6) is 0 Å². The van der Waals surface area contributed by atoms with Gasteiger partial charge in [0.05, 0.1) is 12.5 Å². The highest BCUT2D eigenvalue weighted by molar-refractivity contribution is 6.05. The number of nitrogens with one attached hydrogen (secondary N) is 1. The highest BCUT2D eigenvalue weighted by atomic mass is 16.4. The maximum Gasteiger partial charge on any atom is 0.303 e. The minimum absolute atomic E-state index is 0.138. The van der Waals surface area contributed by atoms with Crippen molar-refractivity contribution in [3.63, 3.8) is 0 Å². The van der Waals surface area contributed by atoms with Gasteiger partial charge in [-0.25, -0.2) is 0 Å². The van der Waals surface area contributed by atoms with E-state index in [2.05, 4.69) is 5.32 Å². The molecule has 1 unspecified atom stereocenters. The lowest BCUT2D eigenvalue weighted by Gasteiger charge is -2.10. The Labute approximate surface area is 93.6 Å². The Balaban J connectivity index is 2.17. The molecule has 0 aromatic heterocycles. The van der Waals surface area contributed by atoms with Gasteiger partial charge < -0.3 is 10.4 Å². The number of likely N-dealkylation sites (tertiary alicyclic amines) is 1. The normalized spacial score (nSPS) is 20.6. The van der Waals surface area contributed by atoms with Gasteiger partial charge in [0.1, 0.15) is 0 Å². The summed E-state index contributed by atoms with van der Waals surface area (Å²) < 4.78 is 0. The highest BCUT2D eigenvalue weighted by Crippen LogP contribution is 2.10. The first-order valence-electron chi connectivity index (χ1n) is 5.28. The van der Waals surface area contributed by atoms with Crippen LogP contribution in [0.1, 0.15) is 25.7 Å². The van der Waals surface area contributed by atoms with Crippen molar-refractivity contribution in [2.24, 2.45) is 0 Å². The van der Waals surface area contributed by atoms with Crippen molar-refractivity contribution in [3.8, 4) is 0 Å². The number of carboxylic acid groups (broad SMARTS) is 1. The van der Waals surface area contributed by atoms with Crippen LogP contribution in [-0.4, -0.2) is 47.4 Å². The molecule has 6 heteroatoms. The van der Waals surface area contributed by atoms with Gasteiger partial charge in [0.2, 0.25) is 11.8 Å². The molecule has 1 aliphatic rings. The molecule has 0 aromatic carbocycles. The van der Waals surface area contributed by atoms with Crippen molar-refractivity contribution < 1.29 is 19.5 Å². The maximum absolute atomic E-state index is 11.4. The molecule has 1 rings (SSSR count). The average molecular weight is 228 g/mol. The van der Waals surface area contributed by atoms with Crippen molar-refractivity contribution in [3.05, 3.63) is 0 Å². The number of likely N-dealkylation sites (N-methyl/N-ethyl adjacent to an activating group) is 1. The monoisotopic (exact) mass is 228 g/mol. The first-order chi connectivity index (χ1) is 7.52. The van der Waals surface area contributed by atoms with Crippen LogP contribution < -0.4 is 5.32 Å². The summed E-state index contributed by atoms with van der Waals surface area (Å²) in [5.74, 6) is -1.19. The number of hydrogen-bond acceptors (Lipinski definition) is 4. The molecule has 6 nitrogen and oxygen atoms in total. The lowest BCUT2D eigenvalue weighted by atomic mass is 10.2. The van der Waals surface area contributed by atoms with Crippen LogP contribution in [0.2, 0.25) is 0 Å². The zero-order valence-electron chi connectivity index (χ0n) is 9.23. The molecule has 1 heterocycles. The van der Waals surface area contributed by atoms with E-state index >= 15 is 0 Å². The number of unbranched alkanes of at least 4 members (excludes halogenated alkanes) is 1. The van der Waals surface area contributed by atoms with Gasteiger partial charge in [-0.15, -0.1) is 0 Å². The number of amides is 2. The smallest absolute Gasteiger partial charge is 0.303 e. The van der Waals surface area contributed by atoms with Crippen LogP contribution >= 0.6 is 0 Å². The molecule has 1 saturated heterocycles. The molecule has 1 fully saturated rings. The van der Waals surface area contributed by atoms with Gasteiger partial charge in [-0.05, 0) is 19.4 Å². The molecule has 1 atom stereocenters. The summed E-state index contributed by atoms with van der Waals surface area (Å²) in [4.78, 5) is 33.9. The van der Waals surface area contributed by atoms with Gasteiger partial charge in [-0.2, -0.15) is 0 Å². The van der Waals surface area contributed by atoms with Crippen LogP contribution in [0.4, 0.5) is 0 Å². The van der Waals surface area contributed by atoms with Gasteiger partial charge in [-0.3, -0.25) is 19.3 Å². The third kappa shape index (κ3) is 3.30. The quantitative estimate of drug-likeness (QED) is 0.476. The van der Waals surface area contributed by atoms with E-state index in [1.54, 1.807) is 0 Å². The summed E-state index contributed by atoms with van der Waals surface area (Å²) in [6.07, 6.45) is 1.61. The van der Waals surface area contributed by atoms with Crippen molar-refractivity contribution in [2.45, 2.75) is 31.7 Å². The van der Waals surface area contributed by atoms with E-state index in [4.69, 9.17) is 5.11 Å². The van der Waals surface area contributed by atoms with E-state index in [-0.39, 0.29) is 24.7 Å². The zero-order valence-corrected chi connectivity index (χ0v) is 9.23. The molecule has 0 aromatic rings. The van der Waals surface area contributed by atoms with Gasteiger partial charge in [0.15, 0.2) is 0 Å². The number of carbonyl (C=O) groups excluding carboxylic acids is 2. The second-order valence-corrected chi connectivity index (χ2v) is 3.85. The molecular formula is C10H16N2O4. The molecule has 0 aliphatic carbocycles. The van der Waals surface area contributed by atoms with Crippen molar-refractivity contribution in [2.75, 3.05) is 13.6 Å². The summed E-state index contributed by atoms with van der Waals surface area (Å²) in [7, 11) is 1.47. The third-order valence-electron chi connectivity index (χ3n) is 2.59. The van der Waals surface area contributed by atoms with Gasteiger partial charge in [-0.1, -0.05) is 0 Å². The first kappa shape index (κ1) is 12.6. The Morgan fingerprint density at radius 1 is 1.50 bits per heavy atom. The summed E-state index contributed by atoms with van der Waals surface area (Å²) >= 11 is 0. The molecule has 2 amide bonds. The highest BCUT2D eigenvalue weighted by Gasteiger charge is 2.35. The number of carbonyl (C=O) groups is 3. The Morgan fingerprint density at radius 2 is 2.19 bits per heavy atom. The van der Waals surface area contributed by atoms with Crippen LogP contribution in [0, 0.1) is 0 Å².